The molecule has 1 saturated carbocycles. The molecular formula is C10H14N2O6. The molecule has 1 amide bonds. The van der Waals surface area contributed by atoms with Crippen LogP contribution < -0.4 is 10.8 Å². The number of hydroxylamine groups is 1. The average Bonchev–Trinajstić information content (AvgIpc) is 2.87. The van der Waals surface area contributed by atoms with Crippen LogP contribution in [0.2, 0.25) is 0 Å². The summed E-state index contributed by atoms with van der Waals surface area (Å²) in [5, 5.41) is 20.9. The van der Waals surface area contributed by atoms with Crippen molar-refractivity contribution in [1.29, 1.82) is 0 Å². The fourth-order valence-electron chi connectivity index (χ4n) is 2.31. The lowest BCUT2D eigenvalue weighted by molar-refractivity contribution is -0.152. The SMILES string of the molecule is O=C(NC1(C(=O)O)CCCC1)C1C(=O)ONC1O. The molecule has 2 atom stereocenters. The number of aliphatic carboxylic acids is 1. The van der Waals surface area contributed by atoms with E-state index in [0.29, 0.717) is 25.7 Å². The van der Waals surface area contributed by atoms with Crippen LogP contribution in [-0.2, 0) is 19.2 Å². The van der Waals surface area contributed by atoms with Gasteiger partial charge in [0.2, 0.25) is 5.91 Å². The number of carbonyl (C=O) groups excluding carboxylic acids is 2. The number of aliphatic hydroxyl groups is 1. The number of amides is 1. The number of carboxylic acids is 1. The minimum atomic E-state index is -1.45. The largest absolute Gasteiger partial charge is 0.480 e. The van der Waals surface area contributed by atoms with Gasteiger partial charge in [0.05, 0.1) is 0 Å². The van der Waals surface area contributed by atoms with Crippen LogP contribution in [-0.4, -0.2) is 39.8 Å². The van der Waals surface area contributed by atoms with Gasteiger partial charge in [0.25, 0.3) is 0 Å². The maximum Gasteiger partial charge on any atom is 0.341 e. The Hall–Kier alpha value is -1.67. The van der Waals surface area contributed by atoms with Crippen molar-refractivity contribution in [3.8, 4) is 0 Å². The van der Waals surface area contributed by atoms with Crippen molar-refractivity contribution in [1.82, 2.24) is 10.8 Å². The molecule has 1 aliphatic heterocycles. The molecule has 2 aliphatic rings. The topological polar surface area (TPSA) is 125 Å². The fourth-order valence-corrected chi connectivity index (χ4v) is 2.31. The van der Waals surface area contributed by atoms with E-state index in [0.717, 1.165) is 0 Å². The summed E-state index contributed by atoms with van der Waals surface area (Å²) in [5.41, 5.74) is 0.631. The molecule has 2 unspecified atom stereocenters. The normalized spacial score (nSPS) is 29.9. The zero-order valence-electron chi connectivity index (χ0n) is 9.51. The summed E-state index contributed by atoms with van der Waals surface area (Å²) in [7, 11) is 0. The van der Waals surface area contributed by atoms with Crippen LogP contribution in [0.25, 0.3) is 0 Å². The highest BCUT2D eigenvalue weighted by Gasteiger charge is 2.48. The van der Waals surface area contributed by atoms with Crippen molar-refractivity contribution in [2.45, 2.75) is 37.5 Å². The van der Waals surface area contributed by atoms with Crippen molar-refractivity contribution in [2.75, 3.05) is 0 Å². The quantitative estimate of drug-likeness (QED) is 0.454. The summed E-state index contributed by atoms with van der Waals surface area (Å²) in [6.07, 6.45) is 0.578. The highest BCUT2D eigenvalue weighted by molar-refractivity contribution is 6.01. The van der Waals surface area contributed by atoms with Crippen LogP contribution in [0.5, 0.6) is 0 Å². The first kappa shape index (κ1) is 12.8. The predicted octanol–water partition coefficient (Wildman–Crippen LogP) is -1.50. The molecule has 1 heterocycles. The summed E-state index contributed by atoms with van der Waals surface area (Å²) < 4.78 is 0. The van der Waals surface area contributed by atoms with Gasteiger partial charge in [-0.2, -0.15) is 0 Å². The number of aliphatic hydroxyl groups excluding tert-OH is 1. The van der Waals surface area contributed by atoms with E-state index in [1.807, 2.05) is 5.48 Å². The molecule has 0 radical (unpaired) electrons. The molecule has 0 aromatic heterocycles. The maximum absolute atomic E-state index is 11.9. The molecule has 8 nitrogen and oxygen atoms in total. The van der Waals surface area contributed by atoms with Gasteiger partial charge in [-0.05, 0) is 12.8 Å². The Kier molecular flexibility index (Phi) is 3.22. The lowest BCUT2D eigenvalue weighted by Gasteiger charge is -2.26. The standard InChI is InChI=1S/C10H14N2O6/c13-6(5-7(14)12-18-8(5)15)11-10(9(16)17)3-1-2-4-10/h5,7,12,14H,1-4H2,(H,11,13)(H,16,17). The Bertz CT molecular complexity index is 390. The van der Waals surface area contributed by atoms with Crippen LogP contribution >= 0.6 is 0 Å². The Morgan fingerprint density at radius 2 is 2.00 bits per heavy atom. The third-order valence-electron chi connectivity index (χ3n) is 3.36. The number of nitrogens with one attached hydrogen (secondary N) is 2. The molecule has 1 aliphatic carbocycles. The number of hydrogen-bond donors (Lipinski definition) is 4. The highest BCUT2D eigenvalue weighted by Crippen LogP contribution is 2.30. The van der Waals surface area contributed by atoms with E-state index in [1.165, 1.54) is 0 Å². The average molecular weight is 258 g/mol. The molecule has 2 fully saturated rings. The Labute approximate surface area is 102 Å². The Morgan fingerprint density at radius 1 is 1.39 bits per heavy atom. The van der Waals surface area contributed by atoms with E-state index >= 15 is 0 Å². The Morgan fingerprint density at radius 3 is 2.44 bits per heavy atom. The summed E-state index contributed by atoms with van der Waals surface area (Å²) in [6, 6.07) is 0. The monoisotopic (exact) mass is 258 g/mol. The molecule has 0 aromatic carbocycles. The summed E-state index contributed by atoms with van der Waals surface area (Å²) >= 11 is 0. The van der Waals surface area contributed by atoms with Gasteiger partial charge in [-0.25, -0.2) is 9.59 Å². The van der Waals surface area contributed by atoms with E-state index in [-0.39, 0.29) is 0 Å². The number of carboxylic acid groups (broad SMARTS) is 1. The molecule has 1 saturated heterocycles. The van der Waals surface area contributed by atoms with Gasteiger partial charge < -0.3 is 20.4 Å². The van der Waals surface area contributed by atoms with E-state index in [4.69, 9.17) is 0 Å². The van der Waals surface area contributed by atoms with E-state index in [9.17, 15) is 24.6 Å². The number of rotatable bonds is 3. The van der Waals surface area contributed by atoms with Crippen molar-refractivity contribution < 1.29 is 29.4 Å². The lowest BCUT2D eigenvalue weighted by atomic mass is 9.96. The van der Waals surface area contributed by atoms with Crippen LogP contribution in [0.4, 0.5) is 0 Å². The van der Waals surface area contributed by atoms with E-state index in [1.54, 1.807) is 0 Å². The third kappa shape index (κ3) is 2.04. The van der Waals surface area contributed by atoms with Crippen LogP contribution in [0.15, 0.2) is 0 Å². The van der Waals surface area contributed by atoms with Crippen LogP contribution in [0.1, 0.15) is 25.7 Å². The zero-order valence-corrected chi connectivity index (χ0v) is 9.51. The van der Waals surface area contributed by atoms with Gasteiger partial charge in [0.1, 0.15) is 5.54 Å². The minimum absolute atomic E-state index is 0.319. The summed E-state index contributed by atoms with van der Waals surface area (Å²) in [6.45, 7) is 0. The van der Waals surface area contributed by atoms with Crippen molar-refractivity contribution >= 4 is 17.8 Å². The maximum atomic E-state index is 11.9. The smallest absolute Gasteiger partial charge is 0.341 e. The lowest BCUT2D eigenvalue weighted by Crippen LogP contribution is -2.56. The molecule has 8 heteroatoms. The minimum Gasteiger partial charge on any atom is -0.480 e. The van der Waals surface area contributed by atoms with E-state index < -0.39 is 35.5 Å². The van der Waals surface area contributed by atoms with Crippen molar-refractivity contribution in [2.24, 2.45) is 5.92 Å². The molecule has 4 N–H and O–H groups in total. The van der Waals surface area contributed by atoms with Crippen LogP contribution in [0, 0.1) is 5.92 Å². The summed E-state index contributed by atoms with van der Waals surface area (Å²) in [5.74, 6) is -4.30. The first-order valence-electron chi connectivity index (χ1n) is 5.66. The van der Waals surface area contributed by atoms with Crippen molar-refractivity contribution in [3.05, 3.63) is 0 Å². The van der Waals surface area contributed by atoms with Gasteiger partial charge in [-0.1, -0.05) is 12.8 Å². The number of carbonyl (C=O) groups is 3. The van der Waals surface area contributed by atoms with Crippen LogP contribution in [0.3, 0.4) is 0 Å². The fraction of sp³-hybridized carbons (Fsp3) is 0.700. The predicted molar refractivity (Wildman–Crippen MR) is 55.7 cm³/mol. The first-order chi connectivity index (χ1) is 8.46. The van der Waals surface area contributed by atoms with Crippen molar-refractivity contribution in [3.63, 3.8) is 0 Å². The third-order valence-corrected chi connectivity index (χ3v) is 3.36. The summed E-state index contributed by atoms with van der Waals surface area (Å²) in [4.78, 5) is 38.6. The second-order valence-electron chi connectivity index (χ2n) is 4.55. The molecule has 18 heavy (non-hydrogen) atoms. The Balaban J connectivity index is 2.10. The molecule has 2 rings (SSSR count). The highest BCUT2D eigenvalue weighted by atomic mass is 16.7. The molecule has 0 aromatic rings. The second-order valence-corrected chi connectivity index (χ2v) is 4.55. The zero-order chi connectivity index (χ0) is 13.3. The molecule has 100 valence electrons. The van der Waals surface area contributed by atoms with Gasteiger partial charge in [0, 0.05) is 0 Å². The molecular weight excluding hydrogens is 244 g/mol. The molecule has 0 spiro atoms. The van der Waals surface area contributed by atoms with Gasteiger partial charge in [-0.3, -0.25) is 4.79 Å². The van der Waals surface area contributed by atoms with E-state index in [2.05, 4.69) is 10.2 Å². The second kappa shape index (κ2) is 4.54. The first-order valence-corrected chi connectivity index (χ1v) is 5.66. The van der Waals surface area contributed by atoms with Gasteiger partial charge in [0.15, 0.2) is 12.1 Å². The van der Waals surface area contributed by atoms with Gasteiger partial charge in [-0.15, -0.1) is 5.48 Å². The molecule has 0 bridgehead atoms. The number of hydrogen-bond acceptors (Lipinski definition) is 6. The van der Waals surface area contributed by atoms with Gasteiger partial charge >= 0.3 is 11.9 Å².